The van der Waals surface area contributed by atoms with Gasteiger partial charge in [-0.1, -0.05) is 53.0 Å². The normalized spacial score (nSPS) is 10.7. The lowest BCUT2D eigenvalue weighted by atomic mass is 10.3. The fourth-order valence-electron chi connectivity index (χ4n) is 2.87. The fraction of sp³-hybridized carbons (Fsp3) is 0.381. The Morgan fingerprint density at radius 1 is 0.938 bits per heavy atom. The number of carbonyl (C=O) groups excluding carboxylic acids is 2. The molecule has 3 N–H and O–H groups in total. The summed E-state index contributed by atoms with van der Waals surface area (Å²) in [7, 11) is 0. The van der Waals surface area contributed by atoms with E-state index in [1.807, 2.05) is 24.3 Å². The standard InChI is InChI=1S/C21H27BrCl2N6O2/c1-3-29(4-2)11-12-30(21(32)27-16-7-5-15(22)6-8-16)10-9-25-20(31)26-17-13-18(23)28-19(24)14-17/h5-8,13-14H,3-4,9-12H2,1-2H3,(H,27,32)(H2,25,26,28,31). The summed E-state index contributed by atoms with van der Waals surface area (Å²) in [6.45, 7) is 7.84. The molecule has 11 heteroatoms. The summed E-state index contributed by atoms with van der Waals surface area (Å²) < 4.78 is 0.931. The van der Waals surface area contributed by atoms with Gasteiger partial charge in [0.25, 0.3) is 0 Å². The molecule has 1 aromatic carbocycles. The van der Waals surface area contributed by atoms with Gasteiger partial charge in [-0.2, -0.15) is 0 Å². The predicted octanol–water partition coefficient (Wildman–Crippen LogP) is 5.15. The number of nitrogens with zero attached hydrogens (tertiary/aromatic N) is 3. The van der Waals surface area contributed by atoms with Crippen molar-refractivity contribution in [2.24, 2.45) is 0 Å². The van der Waals surface area contributed by atoms with Crippen LogP contribution in [0.2, 0.25) is 10.3 Å². The number of halogens is 3. The molecule has 0 aliphatic carbocycles. The van der Waals surface area contributed by atoms with Gasteiger partial charge in [0.2, 0.25) is 0 Å². The quantitative estimate of drug-likeness (QED) is 0.360. The molecule has 0 saturated heterocycles. The predicted molar refractivity (Wildman–Crippen MR) is 134 cm³/mol. The Morgan fingerprint density at radius 3 is 2.16 bits per heavy atom. The second-order valence-corrected chi connectivity index (χ2v) is 8.52. The molecular weight excluding hydrogens is 519 g/mol. The molecule has 0 atom stereocenters. The second kappa shape index (κ2) is 13.5. The van der Waals surface area contributed by atoms with Gasteiger partial charge >= 0.3 is 12.1 Å². The highest BCUT2D eigenvalue weighted by atomic mass is 79.9. The Labute approximate surface area is 206 Å². The van der Waals surface area contributed by atoms with Crippen LogP contribution in [-0.2, 0) is 0 Å². The number of aromatic nitrogens is 1. The van der Waals surface area contributed by atoms with E-state index in [0.717, 1.165) is 24.1 Å². The highest BCUT2D eigenvalue weighted by Crippen LogP contribution is 2.18. The topological polar surface area (TPSA) is 89.6 Å². The minimum absolute atomic E-state index is 0.181. The van der Waals surface area contributed by atoms with Gasteiger partial charge in [-0.3, -0.25) is 0 Å². The lowest BCUT2D eigenvalue weighted by Gasteiger charge is -2.27. The number of anilines is 2. The van der Waals surface area contributed by atoms with E-state index < -0.39 is 6.03 Å². The molecule has 1 heterocycles. The summed E-state index contributed by atoms with van der Waals surface area (Å²) in [5.41, 5.74) is 1.13. The summed E-state index contributed by atoms with van der Waals surface area (Å²) in [4.78, 5) is 32.8. The molecule has 0 fully saturated rings. The first-order valence-electron chi connectivity index (χ1n) is 10.2. The number of urea groups is 2. The third-order valence-corrected chi connectivity index (χ3v) is 5.57. The highest BCUT2D eigenvalue weighted by Gasteiger charge is 2.15. The van der Waals surface area contributed by atoms with Gasteiger partial charge in [-0.15, -0.1) is 0 Å². The van der Waals surface area contributed by atoms with Gasteiger partial charge < -0.3 is 25.8 Å². The van der Waals surface area contributed by atoms with E-state index in [0.29, 0.717) is 24.5 Å². The third-order valence-electron chi connectivity index (χ3n) is 4.65. The Bertz CT molecular complexity index is 876. The zero-order valence-corrected chi connectivity index (χ0v) is 21.1. The first-order chi connectivity index (χ1) is 15.3. The van der Waals surface area contributed by atoms with Crippen molar-refractivity contribution < 1.29 is 9.59 Å². The van der Waals surface area contributed by atoms with Crippen LogP contribution >= 0.6 is 39.1 Å². The van der Waals surface area contributed by atoms with Crippen LogP contribution in [0, 0.1) is 0 Å². The summed E-state index contributed by atoms with van der Waals surface area (Å²) in [6.07, 6.45) is 0. The lowest BCUT2D eigenvalue weighted by Crippen LogP contribution is -2.45. The van der Waals surface area contributed by atoms with Crippen LogP contribution in [0.5, 0.6) is 0 Å². The average Bonchev–Trinajstić information content (AvgIpc) is 2.73. The number of rotatable bonds is 10. The van der Waals surface area contributed by atoms with Crippen molar-refractivity contribution in [3.05, 3.63) is 51.2 Å². The maximum atomic E-state index is 12.8. The molecule has 0 radical (unpaired) electrons. The van der Waals surface area contributed by atoms with E-state index in [-0.39, 0.29) is 22.9 Å². The Hall–Kier alpha value is -2.07. The Balaban J connectivity index is 1.93. The number of nitrogens with one attached hydrogen (secondary N) is 3. The lowest BCUT2D eigenvalue weighted by molar-refractivity contribution is 0.197. The van der Waals surface area contributed by atoms with Gasteiger partial charge in [0.1, 0.15) is 10.3 Å². The molecular formula is C21H27BrCl2N6O2. The number of carbonyl (C=O) groups is 2. The first kappa shape index (κ1) is 26.2. The number of benzene rings is 1. The van der Waals surface area contributed by atoms with Gasteiger partial charge in [-0.05, 0) is 49.5 Å². The molecule has 0 unspecified atom stereocenters. The summed E-state index contributed by atoms with van der Waals surface area (Å²) in [6, 6.07) is 9.69. The molecule has 32 heavy (non-hydrogen) atoms. The molecule has 0 spiro atoms. The minimum Gasteiger partial charge on any atom is -0.336 e. The minimum atomic E-state index is -0.430. The summed E-state index contributed by atoms with van der Waals surface area (Å²) in [5, 5.41) is 8.66. The van der Waals surface area contributed by atoms with Crippen LogP contribution < -0.4 is 16.0 Å². The van der Waals surface area contributed by atoms with Crippen molar-refractivity contribution >= 4 is 62.6 Å². The van der Waals surface area contributed by atoms with E-state index in [1.54, 1.807) is 4.90 Å². The Morgan fingerprint density at radius 2 is 1.56 bits per heavy atom. The summed E-state index contributed by atoms with van der Waals surface area (Å²) in [5.74, 6) is 0. The molecule has 0 aliphatic heterocycles. The largest absolute Gasteiger partial charge is 0.336 e. The molecule has 2 aromatic rings. The molecule has 2 rings (SSSR count). The molecule has 1 aromatic heterocycles. The molecule has 0 saturated carbocycles. The van der Waals surface area contributed by atoms with E-state index >= 15 is 0 Å². The van der Waals surface area contributed by atoms with Crippen molar-refractivity contribution in [1.82, 2.24) is 20.1 Å². The SMILES string of the molecule is CCN(CC)CCN(CCNC(=O)Nc1cc(Cl)nc(Cl)c1)C(=O)Nc1ccc(Br)cc1. The highest BCUT2D eigenvalue weighted by molar-refractivity contribution is 9.10. The van der Waals surface area contributed by atoms with Gasteiger partial charge in [0.05, 0.1) is 0 Å². The maximum absolute atomic E-state index is 12.8. The van der Waals surface area contributed by atoms with E-state index in [1.165, 1.54) is 12.1 Å². The van der Waals surface area contributed by atoms with Crippen molar-refractivity contribution in [2.45, 2.75) is 13.8 Å². The maximum Gasteiger partial charge on any atom is 0.321 e. The van der Waals surface area contributed by atoms with Crippen LogP contribution in [0.15, 0.2) is 40.9 Å². The number of amides is 4. The zero-order chi connectivity index (χ0) is 23.5. The van der Waals surface area contributed by atoms with Gasteiger partial charge in [0, 0.05) is 42.0 Å². The molecule has 174 valence electrons. The zero-order valence-electron chi connectivity index (χ0n) is 18.0. The van der Waals surface area contributed by atoms with Crippen molar-refractivity contribution in [1.29, 1.82) is 0 Å². The molecule has 0 bridgehead atoms. The first-order valence-corrected chi connectivity index (χ1v) is 11.8. The summed E-state index contributed by atoms with van der Waals surface area (Å²) >= 11 is 15.1. The molecule has 4 amide bonds. The van der Waals surface area contributed by atoms with E-state index in [4.69, 9.17) is 23.2 Å². The smallest absolute Gasteiger partial charge is 0.321 e. The third kappa shape index (κ3) is 9.20. The number of likely N-dealkylation sites (N-methyl/N-ethyl adjacent to an activating group) is 1. The van der Waals surface area contributed by atoms with Crippen molar-refractivity contribution in [3.63, 3.8) is 0 Å². The van der Waals surface area contributed by atoms with E-state index in [2.05, 4.69) is 55.6 Å². The fourth-order valence-corrected chi connectivity index (χ4v) is 3.59. The van der Waals surface area contributed by atoms with Crippen LogP contribution in [0.25, 0.3) is 0 Å². The second-order valence-electron chi connectivity index (χ2n) is 6.83. The van der Waals surface area contributed by atoms with Gasteiger partial charge in [0.15, 0.2) is 0 Å². The number of hydrogen-bond acceptors (Lipinski definition) is 4. The molecule has 0 aliphatic rings. The number of pyridine rings is 1. The monoisotopic (exact) mass is 544 g/mol. The Kier molecular flexibility index (Phi) is 11.0. The van der Waals surface area contributed by atoms with E-state index in [9.17, 15) is 9.59 Å². The van der Waals surface area contributed by atoms with Gasteiger partial charge in [-0.25, -0.2) is 14.6 Å². The van der Waals surface area contributed by atoms with Crippen LogP contribution in [-0.4, -0.2) is 66.1 Å². The van der Waals surface area contributed by atoms with Crippen molar-refractivity contribution in [3.8, 4) is 0 Å². The van der Waals surface area contributed by atoms with Crippen LogP contribution in [0.4, 0.5) is 21.0 Å². The average molecular weight is 546 g/mol. The molecule has 8 nitrogen and oxygen atoms in total. The number of hydrogen-bond donors (Lipinski definition) is 3. The van der Waals surface area contributed by atoms with Crippen LogP contribution in [0.3, 0.4) is 0 Å². The van der Waals surface area contributed by atoms with Crippen LogP contribution in [0.1, 0.15) is 13.8 Å². The van der Waals surface area contributed by atoms with Crippen molar-refractivity contribution in [2.75, 3.05) is 49.9 Å².